The normalized spacial score (nSPS) is 48.9. The summed E-state index contributed by atoms with van der Waals surface area (Å²) >= 11 is 0. The Morgan fingerprint density at radius 1 is 0.800 bits per heavy atom. The van der Waals surface area contributed by atoms with Crippen molar-refractivity contribution in [1.82, 2.24) is 0 Å². The second-order valence-electron chi connectivity index (χ2n) is 18.2. The van der Waals surface area contributed by atoms with Crippen LogP contribution in [0.1, 0.15) is 132 Å². The van der Waals surface area contributed by atoms with E-state index in [0.717, 1.165) is 51.4 Å². The van der Waals surface area contributed by atoms with Crippen LogP contribution in [0.25, 0.3) is 0 Å². The maximum atomic E-state index is 14.6. The molecule has 0 amide bonds. The predicted octanol–water partition coefficient (Wildman–Crippen LogP) is 7.85. The third-order valence-corrected chi connectivity index (χ3v) is 15.7. The molecular weight excluding hydrogens is 568 g/mol. The Kier molecular flexibility index (Phi) is 7.58. The lowest BCUT2D eigenvalue weighted by atomic mass is 9.33. The fourth-order valence-corrected chi connectivity index (χ4v) is 12.5. The molecule has 0 saturated heterocycles. The second kappa shape index (κ2) is 10.4. The Balaban J connectivity index is 1.30. The van der Waals surface area contributed by atoms with Gasteiger partial charge in [0.25, 0.3) is 0 Å². The number of carbonyl (C=O) groups excluding carboxylic acids is 2. The fourth-order valence-electron chi connectivity index (χ4n) is 12.5. The molecule has 0 bridgehead atoms. The van der Waals surface area contributed by atoms with Crippen LogP contribution in [0.5, 0.6) is 0 Å². The van der Waals surface area contributed by atoms with Gasteiger partial charge < -0.3 is 14.9 Å². The zero-order valence-electron chi connectivity index (χ0n) is 28.7. The van der Waals surface area contributed by atoms with Gasteiger partial charge in [-0.3, -0.25) is 19.2 Å². The number of hydrogen-bond donors (Lipinski definition) is 2. The van der Waals surface area contributed by atoms with Crippen LogP contribution in [0.3, 0.4) is 0 Å². The second-order valence-corrected chi connectivity index (χ2v) is 18.2. The number of rotatable bonds is 4. The number of esters is 1. The fraction of sp³-hybridized carbons (Fsp3) is 0.842. The van der Waals surface area contributed by atoms with Crippen molar-refractivity contribution in [3.05, 3.63) is 11.6 Å². The maximum absolute atomic E-state index is 14.6. The number of ether oxygens (including phenoxy) is 1. The standard InChI is InChI=1S/C38H56O7/c1-33(2)27-12-15-38(7)29(36(27,5)14-13-28(33)45-31(42)23-11-9-8-10-22(23)30(40)41)26(39)20-24-25-21-35(4,32(43)44)17-16-34(25,3)18-19-37(24,38)6/h20,22-23,25,27-29H,8-19,21H2,1-7H3,(H,40,41)(H,43,44)/t22-,23+,25-,27-,28-,29+,34+,35-,36-,37+,38+/m0/s1. The molecule has 0 unspecified atom stereocenters. The van der Waals surface area contributed by atoms with Crippen molar-refractivity contribution in [2.75, 3.05) is 0 Å². The zero-order chi connectivity index (χ0) is 33.0. The lowest BCUT2D eigenvalue weighted by Crippen LogP contribution is -2.66. The molecule has 250 valence electrons. The molecule has 0 spiro atoms. The predicted molar refractivity (Wildman–Crippen MR) is 170 cm³/mol. The summed E-state index contributed by atoms with van der Waals surface area (Å²) in [5.74, 6) is -2.91. The van der Waals surface area contributed by atoms with Crippen LogP contribution in [0.2, 0.25) is 0 Å². The molecule has 6 aliphatic rings. The molecule has 5 fully saturated rings. The van der Waals surface area contributed by atoms with Gasteiger partial charge in [0.05, 0.1) is 17.3 Å². The van der Waals surface area contributed by atoms with E-state index < -0.39 is 29.2 Å². The van der Waals surface area contributed by atoms with Gasteiger partial charge in [-0.2, -0.15) is 0 Å². The smallest absolute Gasteiger partial charge is 0.310 e. The SMILES string of the molecule is CC1(C)[C@@H](OC(=O)[C@@H]2CCCC[C@@H]2C(=O)O)CC[C@]2(C)[C@H]3C(=O)C=C4[C@@H]5C[C@@](C)(C(=O)O)CC[C@]5(C)CC[C@@]4(C)[C@]3(C)CC[C@@H]12. The Morgan fingerprint density at radius 2 is 1.44 bits per heavy atom. The molecule has 2 N–H and O–H groups in total. The number of carboxylic acid groups (broad SMARTS) is 2. The average Bonchev–Trinajstić information content (AvgIpc) is 2.96. The summed E-state index contributed by atoms with van der Waals surface area (Å²) in [5.41, 5.74) is -0.576. The van der Waals surface area contributed by atoms with Crippen LogP contribution in [0.15, 0.2) is 11.6 Å². The first kappa shape index (κ1) is 32.7. The number of fused-ring (bicyclic) bond motifs is 7. The third kappa shape index (κ3) is 4.54. The topological polar surface area (TPSA) is 118 Å². The van der Waals surface area contributed by atoms with Gasteiger partial charge in [-0.25, -0.2) is 0 Å². The van der Waals surface area contributed by atoms with Crippen molar-refractivity contribution in [3.8, 4) is 0 Å². The summed E-state index contributed by atoms with van der Waals surface area (Å²) in [4.78, 5) is 52.4. The Bertz CT molecular complexity index is 1330. The monoisotopic (exact) mass is 624 g/mol. The highest BCUT2D eigenvalue weighted by atomic mass is 16.5. The van der Waals surface area contributed by atoms with Crippen LogP contribution < -0.4 is 0 Å². The summed E-state index contributed by atoms with van der Waals surface area (Å²) in [7, 11) is 0. The van der Waals surface area contributed by atoms with Gasteiger partial charge in [-0.1, -0.05) is 60.0 Å². The summed E-state index contributed by atoms with van der Waals surface area (Å²) in [6.07, 6.45) is 12.0. The molecule has 0 aromatic heterocycles. The highest BCUT2D eigenvalue weighted by Crippen LogP contribution is 2.75. The molecule has 0 heterocycles. The van der Waals surface area contributed by atoms with Crippen LogP contribution in [0, 0.1) is 62.1 Å². The van der Waals surface area contributed by atoms with Crippen molar-refractivity contribution in [3.63, 3.8) is 0 Å². The Labute approximate surface area is 269 Å². The van der Waals surface area contributed by atoms with Crippen molar-refractivity contribution in [2.45, 2.75) is 138 Å². The summed E-state index contributed by atoms with van der Waals surface area (Å²) in [5, 5.41) is 20.0. The van der Waals surface area contributed by atoms with Crippen molar-refractivity contribution in [2.24, 2.45) is 62.1 Å². The van der Waals surface area contributed by atoms with Crippen LogP contribution in [-0.4, -0.2) is 40.0 Å². The average molecular weight is 625 g/mol. The molecule has 6 rings (SSSR count). The van der Waals surface area contributed by atoms with E-state index >= 15 is 0 Å². The van der Waals surface area contributed by atoms with Crippen molar-refractivity contribution < 1.29 is 34.1 Å². The molecular formula is C38H56O7. The van der Waals surface area contributed by atoms with E-state index in [1.165, 1.54) is 5.57 Å². The van der Waals surface area contributed by atoms with Crippen molar-refractivity contribution in [1.29, 1.82) is 0 Å². The quantitative estimate of drug-likeness (QED) is 0.306. The van der Waals surface area contributed by atoms with Crippen molar-refractivity contribution >= 4 is 23.7 Å². The minimum atomic E-state index is -0.903. The third-order valence-electron chi connectivity index (χ3n) is 15.7. The lowest BCUT2D eigenvalue weighted by molar-refractivity contribution is -0.213. The number of ketones is 1. The number of carboxylic acids is 2. The van der Waals surface area contributed by atoms with E-state index in [4.69, 9.17) is 4.74 Å². The Morgan fingerprint density at radius 3 is 2.09 bits per heavy atom. The first-order valence-corrected chi connectivity index (χ1v) is 17.8. The van der Waals surface area contributed by atoms with Crippen LogP contribution >= 0.6 is 0 Å². The molecule has 45 heavy (non-hydrogen) atoms. The molecule has 0 aromatic rings. The van der Waals surface area contributed by atoms with E-state index in [2.05, 4.69) is 41.5 Å². The largest absolute Gasteiger partial charge is 0.481 e. The first-order valence-electron chi connectivity index (χ1n) is 17.8. The molecule has 5 saturated carbocycles. The van der Waals surface area contributed by atoms with E-state index in [1.807, 2.05) is 13.0 Å². The number of allylic oxidation sites excluding steroid dienone is 2. The van der Waals surface area contributed by atoms with Gasteiger partial charge in [0.1, 0.15) is 6.10 Å². The van der Waals surface area contributed by atoms with Gasteiger partial charge in [-0.05, 0) is 117 Å². The molecule has 0 aromatic carbocycles. The van der Waals surface area contributed by atoms with Gasteiger partial charge >= 0.3 is 17.9 Å². The van der Waals surface area contributed by atoms with E-state index in [-0.39, 0.29) is 62.7 Å². The molecule has 0 aliphatic heterocycles. The minimum Gasteiger partial charge on any atom is -0.481 e. The van der Waals surface area contributed by atoms with E-state index in [0.29, 0.717) is 32.1 Å². The van der Waals surface area contributed by atoms with E-state index in [9.17, 15) is 29.4 Å². The van der Waals surface area contributed by atoms with Gasteiger partial charge in [0.15, 0.2) is 5.78 Å². The maximum Gasteiger partial charge on any atom is 0.310 e. The highest BCUT2D eigenvalue weighted by molar-refractivity contribution is 5.95. The number of aliphatic carboxylic acids is 2. The summed E-state index contributed by atoms with van der Waals surface area (Å²) in [6.45, 7) is 15.7. The minimum absolute atomic E-state index is 0.0206. The van der Waals surface area contributed by atoms with Gasteiger partial charge in [0.2, 0.25) is 0 Å². The number of hydrogen-bond acceptors (Lipinski definition) is 5. The summed E-state index contributed by atoms with van der Waals surface area (Å²) in [6, 6.07) is 0. The Hall–Kier alpha value is -2.18. The van der Waals surface area contributed by atoms with Crippen LogP contribution in [0.4, 0.5) is 0 Å². The molecule has 7 heteroatoms. The molecule has 7 nitrogen and oxygen atoms in total. The molecule has 0 radical (unpaired) electrons. The highest BCUT2D eigenvalue weighted by Gasteiger charge is 2.70. The van der Waals surface area contributed by atoms with Gasteiger partial charge in [0, 0.05) is 11.3 Å². The van der Waals surface area contributed by atoms with E-state index in [1.54, 1.807) is 0 Å². The number of carbonyl (C=O) groups is 4. The van der Waals surface area contributed by atoms with Gasteiger partial charge in [-0.15, -0.1) is 0 Å². The zero-order valence-corrected chi connectivity index (χ0v) is 28.7. The molecule has 6 aliphatic carbocycles. The van der Waals surface area contributed by atoms with Crippen LogP contribution in [-0.2, 0) is 23.9 Å². The summed E-state index contributed by atoms with van der Waals surface area (Å²) < 4.78 is 6.28. The first-order chi connectivity index (χ1) is 20.8. The lowest BCUT2D eigenvalue weighted by Gasteiger charge is -2.70. The molecule has 11 atom stereocenters.